The molecule has 0 aliphatic heterocycles. The van der Waals surface area contributed by atoms with Gasteiger partial charge in [-0.1, -0.05) is 23.8 Å². The van der Waals surface area contributed by atoms with Crippen molar-refractivity contribution in [3.63, 3.8) is 0 Å². The van der Waals surface area contributed by atoms with Gasteiger partial charge in [-0.15, -0.1) is 13.2 Å². The van der Waals surface area contributed by atoms with Crippen LogP contribution < -0.4 is 4.74 Å². The maximum atomic E-state index is 12.0. The number of halogens is 1. The van der Waals surface area contributed by atoms with Crippen LogP contribution in [0.2, 0.25) is 5.02 Å². The van der Waals surface area contributed by atoms with Gasteiger partial charge in [0.05, 0.1) is 0 Å². The zero-order chi connectivity index (χ0) is 15.8. The van der Waals surface area contributed by atoms with Crippen LogP contribution in [0.15, 0.2) is 43.5 Å². The molecular weight excluding hydrogens is 294 g/mol. The molecule has 0 heterocycles. The van der Waals surface area contributed by atoms with Crippen LogP contribution in [0.5, 0.6) is 5.75 Å². The van der Waals surface area contributed by atoms with Crippen LogP contribution in [-0.4, -0.2) is 41.6 Å². The maximum Gasteiger partial charge on any atom is 0.339 e. The Morgan fingerprint density at radius 1 is 1.29 bits per heavy atom. The van der Waals surface area contributed by atoms with Gasteiger partial charge in [-0.3, -0.25) is 4.79 Å². The first-order valence-electron chi connectivity index (χ1n) is 6.14. The minimum atomic E-state index is -1.17. The first-order valence-corrected chi connectivity index (χ1v) is 6.52. The van der Waals surface area contributed by atoms with Crippen molar-refractivity contribution < 1.29 is 19.4 Å². The van der Waals surface area contributed by atoms with Crippen molar-refractivity contribution in [2.24, 2.45) is 0 Å². The number of ether oxygens (including phenoxy) is 1. The monoisotopic (exact) mass is 309 g/mol. The van der Waals surface area contributed by atoms with Gasteiger partial charge < -0.3 is 14.7 Å². The number of amides is 1. The number of carbonyl (C=O) groups excluding carboxylic acids is 1. The largest absolute Gasteiger partial charge is 0.483 e. The summed E-state index contributed by atoms with van der Waals surface area (Å²) >= 11 is 5.74. The molecule has 0 saturated heterocycles. The Bertz CT molecular complexity index is 547. The van der Waals surface area contributed by atoms with E-state index in [1.165, 1.54) is 23.1 Å². The van der Waals surface area contributed by atoms with Crippen molar-refractivity contribution in [3.8, 4) is 5.75 Å². The molecule has 0 fully saturated rings. The van der Waals surface area contributed by atoms with Crippen LogP contribution in [0.4, 0.5) is 0 Å². The highest BCUT2D eigenvalue weighted by Crippen LogP contribution is 2.23. The summed E-state index contributed by atoms with van der Waals surface area (Å²) in [6, 6.07) is 4.19. The summed E-state index contributed by atoms with van der Waals surface area (Å²) in [4.78, 5) is 24.6. The molecule has 21 heavy (non-hydrogen) atoms. The quantitative estimate of drug-likeness (QED) is 0.750. The lowest BCUT2D eigenvalue weighted by atomic mass is 10.2. The Hall–Kier alpha value is -2.27. The highest BCUT2D eigenvalue weighted by Gasteiger charge is 2.15. The summed E-state index contributed by atoms with van der Waals surface area (Å²) in [6.45, 7) is 7.59. The van der Waals surface area contributed by atoms with E-state index < -0.39 is 5.97 Å². The van der Waals surface area contributed by atoms with E-state index in [4.69, 9.17) is 21.4 Å². The molecule has 1 N–H and O–H groups in total. The van der Waals surface area contributed by atoms with E-state index >= 15 is 0 Å². The molecule has 0 unspecified atom stereocenters. The van der Waals surface area contributed by atoms with Gasteiger partial charge in [-0.05, 0) is 18.2 Å². The van der Waals surface area contributed by atoms with Gasteiger partial charge in [0.25, 0.3) is 5.91 Å². The second-order valence-corrected chi connectivity index (χ2v) is 4.55. The van der Waals surface area contributed by atoms with Crippen LogP contribution in [0.3, 0.4) is 0 Å². The average Bonchev–Trinajstić information content (AvgIpc) is 2.45. The van der Waals surface area contributed by atoms with Crippen LogP contribution in [0.25, 0.3) is 0 Å². The maximum absolute atomic E-state index is 12.0. The lowest BCUT2D eigenvalue weighted by molar-refractivity contribution is -0.132. The number of nitrogens with zero attached hydrogens (tertiary/aromatic N) is 1. The lowest BCUT2D eigenvalue weighted by Crippen LogP contribution is -2.35. The number of carboxylic acids is 1. The van der Waals surface area contributed by atoms with Crippen LogP contribution in [0, 0.1) is 0 Å². The van der Waals surface area contributed by atoms with Crippen LogP contribution >= 0.6 is 11.6 Å². The Labute approximate surface area is 128 Å². The first-order chi connectivity index (χ1) is 9.99. The second-order valence-electron chi connectivity index (χ2n) is 4.11. The molecule has 1 rings (SSSR count). The molecule has 0 aromatic heterocycles. The van der Waals surface area contributed by atoms with Crippen molar-refractivity contribution in [1.29, 1.82) is 0 Å². The third-order valence-corrected chi connectivity index (χ3v) is 2.81. The lowest BCUT2D eigenvalue weighted by Gasteiger charge is -2.19. The number of rotatable bonds is 8. The number of carboxylic acid groups (broad SMARTS) is 1. The van der Waals surface area contributed by atoms with E-state index in [0.29, 0.717) is 13.1 Å². The van der Waals surface area contributed by atoms with Crippen LogP contribution in [-0.2, 0) is 4.79 Å². The van der Waals surface area contributed by atoms with Gasteiger partial charge in [-0.2, -0.15) is 0 Å². The van der Waals surface area contributed by atoms with E-state index in [1.54, 1.807) is 12.2 Å². The van der Waals surface area contributed by atoms with Crippen molar-refractivity contribution in [2.45, 2.75) is 0 Å². The number of hydrogen-bond donors (Lipinski definition) is 1. The number of hydrogen-bond acceptors (Lipinski definition) is 3. The molecule has 0 atom stereocenters. The van der Waals surface area contributed by atoms with Gasteiger partial charge in [0.15, 0.2) is 6.61 Å². The summed E-state index contributed by atoms with van der Waals surface area (Å²) in [6.07, 6.45) is 3.18. The molecular formula is C15H16ClNO4. The molecule has 0 radical (unpaired) electrons. The fourth-order valence-electron chi connectivity index (χ4n) is 1.62. The van der Waals surface area contributed by atoms with E-state index in [0.717, 1.165) is 0 Å². The molecule has 0 bridgehead atoms. The molecule has 1 amide bonds. The topological polar surface area (TPSA) is 66.8 Å². The van der Waals surface area contributed by atoms with Gasteiger partial charge in [0, 0.05) is 18.1 Å². The third kappa shape index (κ3) is 4.96. The van der Waals surface area contributed by atoms with E-state index in [2.05, 4.69) is 13.2 Å². The van der Waals surface area contributed by atoms with Crippen molar-refractivity contribution in [3.05, 3.63) is 54.1 Å². The summed E-state index contributed by atoms with van der Waals surface area (Å²) in [5, 5.41) is 9.36. The van der Waals surface area contributed by atoms with E-state index in [-0.39, 0.29) is 28.8 Å². The predicted octanol–water partition coefficient (Wildman–Crippen LogP) is 2.62. The highest BCUT2D eigenvalue weighted by molar-refractivity contribution is 6.31. The molecule has 112 valence electrons. The molecule has 0 spiro atoms. The predicted molar refractivity (Wildman–Crippen MR) is 80.9 cm³/mol. The molecule has 0 aliphatic carbocycles. The summed E-state index contributed by atoms with van der Waals surface area (Å²) in [5.74, 6) is -1.37. The van der Waals surface area contributed by atoms with Crippen LogP contribution in [0.1, 0.15) is 10.4 Å². The number of benzene rings is 1. The zero-order valence-electron chi connectivity index (χ0n) is 11.4. The first kappa shape index (κ1) is 16.8. The molecule has 0 aliphatic rings. The van der Waals surface area contributed by atoms with Crippen molar-refractivity contribution >= 4 is 23.5 Å². The second kappa shape index (κ2) is 8.11. The summed E-state index contributed by atoms with van der Waals surface area (Å²) in [7, 11) is 0. The number of carbonyl (C=O) groups is 2. The fourth-order valence-corrected chi connectivity index (χ4v) is 1.79. The summed E-state index contributed by atoms with van der Waals surface area (Å²) < 4.78 is 5.29. The zero-order valence-corrected chi connectivity index (χ0v) is 12.2. The van der Waals surface area contributed by atoms with Crippen molar-refractivity contribution in [1.82, 2.24) is 4.90 Å². The number of aromatic carboxylic acids is 1. The SMILES string of the molecule is C=CCN(CC=C)C(=O)COc1ccc(Cl)cc1C(=O)O. The smallest absolute Gasteiger partial charge is 0.339 e. The summed E-state index contributed by atoms with van der Waals surface area (Å²) in [5.41, 5.74) is -0.0886. The average molecular weight is 310 g/mol. The minimum Gasteiger partial charge on any atom is -0.483 e. The molecule has 6 heteroatoms. The third-order valence-electron chi connectivity index (χ3n) is 2.57. The minimum absolute atomic E-state index is 0.0886. The fraction of sp³-hybridized carbons (Fsp3) is 0.200. The van der Waals surface area contributed by atoms with E-state index in [1.807, 2.05) is 0 Å². The van der Waals surface area contributed by atoms with Gasteiger partial charge >= 0.3 is 5.97 Å². The van der Waals surface area contributed by atoms with E-state index in [9.17, 15) is 9.59 Å². The van der Waals surface area contributed by atoms with Gasteiger partial charge in [0.2, 0.25) is 0 Å². The molecule has 1 aromatic carbocycles. The van der Waals surface area contributed by atoms with Gasteiger partial charge in [-0.25, -0.2) is 4.79 Å². The highest BCUT2D eigenvalue weighted by atomic mass is 35.5. The van der Waals surface area contributed by atoms with Gasteiger partial charge in [0.1, 0.15) is 11.3 Å². The Kier molecular flexibility index (Phi) is 6.49. The molecule has 1 aromatic rings. The normalized spacial score (nSPS) is 9.76. The molecule has 5 nitrogen and oxygen atoms in total. The molecule has 0 saturated carbocycles. The Morgan fingerprint density at radius 3 is 2.43 bits per heavy atom. The Morgan fingerprint density at radius 2 is 1.90 bits per heavy atom. The standard InChI is InChI=1S/C15H16ClNO4/c1-3-7-17(8-4-2)14(18)10-21-13-6-5-11(16)9-12(13)15(19)20/h3-6,9H,1-2,7-8,10H2,(H,19,20). The van der Waals surface area contributed by atoms with Crippen molar-refractivity contribution in [2.75, 3.05) is 19.7 Å². The Balaban J connectivity index is 2.78.